The van der Waals surface area contributed by atoms with Gasteiger partial charge < -0.3 is 10.6 Å². The number of likely N-dealkylation sites (N-methyl/N-ethyl adjacent to an activating group) is 1. The third-order valence-electron chi connectivity index (χ3n) is 5.01. The molecular formula is C18H21F3N4O3. The van der Waals surface area contributed by atoms with Crippen LogP contribution in [0.3, 0.4) is 0 Å². The summed E-state index contributed by atoms with van der Waals surface area (Å²) in [6, 6.07) is 4.17. The van der Waals surface area contributed by atoms with E-state index in [1.54, 1.807) is 0 Å². The molecule has 1 aromatic carbocycles. The van der Waals surface area contributed by atoms with E-state index >= 15 is 0 Å². The topological polar surface area (TPSA) is 81.8 Å². The number of rotatable bonds is 5. The molecule has 1 saturated carbocycles. The Morgan fingerprint density at radius 2 is 1.89 bits per heavy atom. The lowest BCUT2D eigenvalue weighted by Gasteiger charge is -2.24. The van der Waals surface area contributed by atoms with Crippen LogP contribution in [0.1, 0.15) is 31.2 Å². The molecule has 1 aromatic rings. The SMILES string of the molecule is CN(CC(=O)Nc1ccccc1C(F)(F)F)CN1C(=O)NC2(CCCC2)C1=O. The Labute approximate surface area is 159 Å². The summed E-state index contributed by atoms with van der Waals surface area (Å²) in [5.41, 5.74) is -2.12. The third-order valence-corrected chi connectivity index (χ3v) is 5.01. The Balaban J connectivity index is 1.60. The second-order valence-corrected chi connectivity index (χ2v) is 7.20. The molecular weight excluding hydrogens is 377 g/mol. The smallest absolute Gasteiger partial charge is 0.324 e. The van der Waals surface area contributed by atoms with Gasteiger partial charge in [-0.2, -0.15) is 13.2 Å². The molecule has 0 unspecified atom stereocenters. The minimum absolute atomic E-state index is 0.124. The number of benzene rings is 1. The van der Waals surface area contributed by atoms with Crippen LogP contribution in [0.4, 0.5) is 23.7 Å². The predicted molar refractivity (Wildman–Crippen MR) is 94.1 cm³/mol. The summed E-state index contributed by atoms with van der Waals surface area (Å²) in [7, 11) is 1.51. The van der Waals surface area contributed by atoms with Crippen molar-refractivity contribution >= 4 is 23.5 Å². The first-order chi connectivity index (χ1) is 13.1. The average molecular weight is 398 g/mol. The van der Waals surface area contributed by atoms with Gasteiger partial charge in [-0.3, -0.25) is 14.5 Å². The van der Waals surface area contributed by atoms with Gasteiger partial charge in [0.05, 0.1) is 24.5 Å². The van der Waals surface area contributed by atoms with E-state index in [-0.39, 0.29) is 24.8 Å². The summed E-state index contributed by atoms with van der Waals surface area (Å²) in [4.78, 5) is 39.4. The van der Waals surface area contributed by atoms with Crippen molar-refractivity contribution in [2.24, 2.45) is 0 Å². The monoisotopic (exact) mass is 398 g/mol. The Morgan fingerprint density at radius 1 is 1.25 bits per heavy atom. The van der Waals surface area contributed by atoms with E-state index in [9.17, 15) is 27.6 Å². The number of urea groups is 1. The van der Waals surface area contributed by atoms with Gasteiger partial charge in [0.2, 0.25) is 5.91 Å². The van der Waals surface area contributed by atoms with E-state index in [0.717, 1.165) is 23.8 Å². The van der Waals surface area contributed by atoms with Gasteiger partial charge >= 0.3 is 12.2 Å². The molecule has 1 heterocycles. The van der Waals surface area contributed by atoms with Crippen molar-refractivity contribution in [2.75, 3.05) is 25.6 Å². The van der Waals surface area contributed by atoms with E-state index in [1.165, 1.54) is 30.1 Å². The molecule has 1 aliphatic heterocycles. The highest BCUT2D eigenvalue weighted by molar-refractivity contribution is 6.07. The number of hydrogen-bond donors (Lipinski definition) is 2. The number of anilines is 1. The summed E-state index contributed by atoms with van der Waals surface area (Å²) in [6.45, 7) is -0.406. The van der Waals surface area contributed by atoms with Gasteiger partial charge in [-0.15, -0.1) is 0 Å². The van der Waals surface area contributed by atoms with Crippen LogP contribution in [0.15, 0.2) is 24.3 Å². The van der Waals surface area contributed by atoms with Crippen LogP contribution in [0.5, 0.6) is 0 Å². The van der Waals surface area contributed by atoms with Gasteiger partial charge in [0.1, 0.15) is 5.54 Å². The van der Waals surface area contributed by atoms with Crippen molar-refractivity contribution in [3.05, 3.63) is 29.8 Å². The normalized spacial score (nSPS) is 18.8. The number of amides is 4. The number of carbonyl (C=O) groups excluding carboxylic acids is 3. The second kappa shape index (κ2) is 7.42. The fourth-order valence-electron chi connectivity index (χ4n) is 3.69. The molecule has 0 aromatic heterocycles. The second-order valence-electron chi connectivity index (χ2n) is 7.20. The fourth-order valence-corrected chi connectivity index (χ4v) is 3.69. The number of halogens is 3. The fraction of sp³-hybridized carbons (Fsp3) is 0.500. The maximum absolute atomic E-state index is 13.0. The Bertz CT molecular complexity index is 791. The minimum Gasteiger partial charge on any atom is -0.324 e. The summed E-state index contributed by atoms with van der Waals surface area (Å²) in [6.07, 6.45) is -1.70. The van der Waals surface area contributed by atoms with E-state index < -0.39 is 29.2 Å². The minimum atomic E-state index is -4.59. The van der Waals surface area contributed by atoms with Crippen LogP contribution < -0.4 is 10.6 Å². The molecule has 1 spiro atoms. The molecule has 1 saturated heterocycles. The first-order valence-corrected chi connectivity index (χ1v) is 8.91. The van der Waals surface area contributed by atoms with Crippen LogP contribution in [0.25, 0.3) is 0 Å². The highest BCUT2D eigenvalue weighted by Gasteiger charge is 2.52. The van der Waals surface area contributed by atoms with Crippen LogP contribution in [0, 0.1) is 0 Å². The zero-order valence-electron chi connectivity index (χ0n) is 15.3. The van der Waals surface area contributed by atoms with Crippen molar-refractivity contribution < 1.29 is 27.6 Å². The van der Waals surface area contributed by atoms with Crippen molar-refractivity contribution in [1.82, 2.24) is 15.1 Å². The highest BCUT2D eigenvalue weighted by Crippen LogP contribution is 2.35. The lowest BCUT2D eigenvalue weighted by Crippen LogP contribution is -2.46. The number of carbonyl (C=O) groups is 3. The number of alkyl halides is 3. The molecule has 0 radical (unpaired) electrons. The van der Waals surface area contributed by atoms with Crippen molar-refractivity contribution in [3.8, 4) is 0 Å². The zero-order valence-corrected chi connectivity index (χ0v) is 15.3. The molecule has 4 amide bonds. The van der Waals surface area contributed by atoms with E-state index in [0.29, 0.717) is 12.8 Å². The Kier molecular flexibility index (Phi) is 5.33. The summed E-state index contributed by atoms with van der Waals surface area (Å²) in [5.74, 6) is -0.994. The van der Waals surface area contributed by atoms with Crippen molar-refractivity contribution in [1.29, 1.82) is 0 Å². The highest BCUT2D eigenvalue weighted by atomic mass is 19.4. The molecule has 1 aliphatic carbocycles. The van der Waals surface area contributed by atoms with E-state index in [2.05, 4.69) is 10.6 Å². The van der Waals surface area contributed by atoms with E-state index in [1.807, 2.05) is 0 Å². The zero-order chi connectivity index (χ0) is 20.5. The predicted octanol–water partition coefficient (Wildman–Crippen LogP) is 2.40. The maximum atomic E-state index is 13.0. The van der Waals surface area contributed by atoms with Crippen LogP contribution in [0.2, 0.25) is 0 Å². The Hall–Kier alpha value is -2.62. The molecule has 28 heavy (non-hydrogen) atoms. The molecule has 2 N–H and O–H groups in total. The molecule has 10 heteroatoms. The summed E-state index contributed by atoms with van der Waals surface area (Å²) in [5, 5.41) is 4.98. The van der Waals surface area contributed by atoms with Gasteiger partial charge in [0, 0.05) is 0 Å². The van der Waals surface area contributed by atoms with Gasteiger partial charge in [-0.1, -0.05) is 25.0 Å². The molecule has 152 valence electrons. The largest absolute Gasteiger partial charge is 0.418 e. The summed E-state index contributed by atoms with van der Waals surface area (Å²) < 4.78 is 39.0. The molecule has 3 rings (SSSR count). The van der Waals surface area contributed by atoms with E-state index in [4.69, 9.17) is 0 Å². The average Bonchev–Trinajstić information content (AvgIpc) is 3.15. The third kappa shape index (κ3) is 3.96. The van der Waals surface area contributed by atoms with Crippen LogP contribution in [-0.4, -0.2) is 53.4 Å². The molecule has 2 fully saturated rings. The first kappa shape index (κ1) is 20.1. The number of imide groups is 1. The van der Waals surface area contributed by atoms with Crippen molar-refractivity contribution in [3.63, 3.8) is 0 Å². The number of hydrogen-bond acceptors (Lipinski definition) is 4. The van der Waals surface area contributed by atoms with Crippen LogP contribution in [-0.2, 0) is 15.8 Å². The van der Waals surface area contributed by atoms with Crippen molar-refractivity contribution in [2.45, 2.75) is 37.4 Å². The Morgan fingerprint density at radius 3 is 2.54 bits per heavy atom. The van der Waals surface area contributed by atoms with Gasteiger partial charge in [-0.25, -0.2) is 9.69 Å². The van der Waals surface area contributed by atoms with Gasteiger partial charge in [-0.05, 0) is 32.0 Å². The number of nitrogens with zero attached hydrogens (tertiary/aromatic N) is 2. The van der Waals surface area contributed by atoms with Crippen LogP contribution >= 0.6 is 0 Å². The van der Waals surface area contributed by atoms with Gasteiger partial charge in [0.25, 0.3) is 5.91 Å². The number of para-hydroxylation sites is 1. The quantitative estimate of drug-likeness (QED) is 0.747. The maximum Gasteiger partial charge on any atom is 0.418 e. The lowest BCUT2D eigenvalue weighted by molar-refractivity contribution is -0.137. The first-order valence-electron chi connectivity index (χ1n) is 8.91. The standard InChI is InChI=1S/C18H21F3N4O3/c1-24(11-25-15(27)17(23-16(25)28)8-4-5-9-17)10-14(26)22-13-7-3-2-6-12(13)18(19,20)21/h2-3,6-7H,4-5,8-11H2,1H3,(H,22,26)(H,23,28). The summed E-state index contributed by atoms with van der Waals surface area (Å²) >= 11 is 0. The molecule has 7 nitrogen and oxygen atoms in total. The van der Waals surface area contributed by atoms with Gasteiger partial charge in [0.15, 0.2) is 0 Å². The lowest BCUT2D eigenvalue weighted by atomic mass is 9.98. The molecule has 0 atom stereocenters. The molecule has 0 bridgehead atoms. The molecule has 2 aliphatic rings. The number of nitrogens with one attached hydrogen (secondary N) is 2.